The summed E-state index contributed by atoms with van der Waals surface area (Å²) in [6.45, 7) is 5.62. The Balaban J connectivity index is 1.68. The van der Waals surface area contributed by atoms with Crippen LogP contribution in [-0.2, 0) is 22.6 Å². The first-order valence-corrected chi connectivity index (χ1v) is 12.1. The minimum absolute atomic E-state index is 0.0436. The minimum Gasteiger partial charge on any atom is -0.481 e. The van der Waals surface area contributed by atoms with Gasteiger partial charge in [0.2, 0.25) is 5.75 Å². The molecule has 198 valence electrons. The Labute approximate surface area is 221 Å². The number of benzene rings is 2. The van der Waals surface area contributed by atoms with Gasteiger partial charge >= 0.3 is 5.97 Å². The fourth-order valence-electron chi connectivity index (χ4n) is 3.60. The van der Waals surface area contributed by atoms with Crippen molar-refractivity contribution in [2.24, 2.45) is 0 Å². The topological polar surface area (TPSA) is 84.7 Å². The van der Waals surface area contributed by atoms with Gasteiger partial charge in [-0.25, -0.2) is 14.2 Å². The van der Waals surface area contributed by atoms with Crippen molar-refractivity contribution >= 4 is 5.97 Å². The monoisotopic (exact) mass is 519 g/mol. The zero-order valence-corrected chi connectivity index (χ0v) is 21.8. The molecule has 0 saturated carbocycles. The summed E-state index contributed by atoms with van der Waals surface area (Å²) in [7, 11) is 1.48. The van der Waals surface area contributed by atoms with E-state index in [-0.39, 0.29) is 43.1 Å². The van der Waals surface area contributed by atoms with Crippen LogP contribution in [0.4, 0.5) is 4.39 Å². The third kappa shape index (κ3) is 7.17. The molecule has 0 N–H and O–H groups in total. The maximum Gasteiger partial charge on any atom is 0.361 e. The summed E-state index contributed by atoms with van der Waals surface area (Å²) in [6.07, 6.45) is 3.74. The summed E-state index contributed by atoms with van der Waals surface area (Å²) in [5.41, 5.74) is 1.87. The van der Waals surface area contributed by atoms with Crippen LogP contribution >= 0.6 is 0 Å². The average molecular weight is 520 g/mol. The molecular formula is C29H30FN3O5. The van der Waals surface area contributed by atoms with E-state index in [4.69, 9.17) is 18.9 Å². The first kappa shape index (κ1) is 26.8. The van der Waals surface area contributed by atoms with Crippen LogP contribution in [0, 0.1) is 5.82 Å². The highest BCUT2D eigenvalue weighted by molar-refractivity contribution is 5.91. The summed E-state index contributed by atoms with van der Waals surface area (Å²) in [6, 6.07) is 17.7. The van der Waals surface area contributed by atoms with Crippen molar-refractivity contribution in [3.05, 3.63) is 96.0 Å². The summed E-state index contributed by atoms with van der Waals surface area (Å²) in [5.74, 6) is -0.506. The Morgan fingerprint density at radius 2 is 1.68 bits per heavy atom. The number of ether oxygens (including phenoxy) is 4. The second-order valence-electron chi connectivity index (χ2n) is 9.53. The summed E-state index contributed by atoms with van der Waals surface area (Å²) < 4.78 is 37.6. The lowest BCUT2D eigenvalue weighted by atomic mass is 10.1. The zero-order valence-electron chi connectivity index (χ0n) is 21.8. The second kappa shape index (κ2) is 11.9. The van der Waals surface area contributed by atoms with E-state index < -0.39 is 11.6 Å². The number of carbonyl (C=O) groups excluding carboxylic acids is 1. The molecule has 2 aromatic heterocycles. The molecule has 0 unspecified atom stereocenters. The van der Waals surface area contributed by atoms with E-state index in [1.165, 1.54) is 19.2 Å². The zero-order chi connectivity index (χ0) is 27.1. The van der Waals surface area contributed by atoms with Crippen LogP contribution in [0.5, 0.6) is 11.6 Å². The van der Waals surface area contributed by atoms with Gasteiger partial charge in [-0.2, -0.15) is 4.98 Å². The Kier molecular flexibility index (Phi) is 8.38. The van der Waals surface area contributed by atoms with Crippen LogP contribution in [0.2, 0.25) is 0 Å². The molecule has 0 aliphatic rings. The Bertz CT molecular complexity index is 1370. The van der Waals surface area contributed by atoms with Gasteiger partial charge in [-0.05, 0) is 55.7 Å². The van der Waals surface area contributed by atoms with Crippen LogP contribution < -0.4 is 9.47 Å². The normalized spacial score (nSPS) is 11.3. The van der Waals surface area contributed by atoms with Gasteiger partial charge in [0.1, 0.15) is 18.0 Å². The molecule has 0 bridgehead atoms. The van der Waals surface area contributed by atoms with Gasteiger partial charge in [0.05, 0.1) is 6.54 Å². The molecule has 0 spiro atoms. The number of esters is 1. The summed E-state index contributed by atoms with van der Waals surface area (Å²) in [4.78, 5) is 22.3. The molecule has 9 heteroatoms. The van der Waals surface area contributed by atoms with Crippen molar-refractivity contribution in [2.75, 3.05) is 13.9 Å². The number of methoxy groups -OCH3 is 1. The van der Waals surface area contributed by atoms with Crippen LogP contribution in [-0.4, -0.2) is 40.0 Å². The lowest BCUT2D eigenvalue weighted by Crippen LogP contribution is -2.26. The number of carbonyl (C=O) groups is 1. The molecule has 0 aliphatic heterocycles. The lowest BCUT2D eigenvalue weighted by Gasteiger charge is -2.21. The molecule has 4 rings (SSSR count). The van der Waals surface area contributed by atoms with Gasteiger partial charge in [-0.1, -0.05) is 42.5 Å². The van der Waals surface area contributed by atoms with Crippen molar-refractivity contribution in [1.29, 1.82) is 0 Å². The molecule has 38 heavy (non-hydrogen) atoms. The molecule has 2 heterocycles. The van der Waals surface area contributed by atoms with Crippen LogP contribution in [0.1, 0.15) is 42.6 Å². The van der Waals surface area contributed by atoms with Crippen molar-refractivity contribution in [2.45, 2.75) is 39.5 Å². The minimum atomic E-state index is -0.753. The van der Waals surface area contributed by atoms with Gasteiger partial charge in [0.25, 0.3) is 5.88 Å². The number of hydrogen-bond acceptors (Lipinski definition) is 7. The maximum absolute atomic E-state index is 13.3. The number of nitrogens with zero attached hydrogens (tertiary/aromatic N) is 3. The van der Waals surface area contributed by atoms with Gasteiger partial charge < -0.3 is 23.5 Å². The molecule has 4 aromatic rings. The Morgan fingerprint density at radius 3 is 2.37 bits per heavy atom. The molecule has 0 saturated heterocycles. The maximum atomic E-state index is 13.3. The standard InChI is InChI=1S/C29H30FN3O5/c1-29(2,3)38-28(34)25-26(36-18-20-8-6-5-7-9-20)27(37-19-35-4)32-24(31-25)17-33-15-14-22(16-33)21-10-12-23(30)13-11-21/h5-16H,17-19H2,1-4H3. The van der Waals surface area contributed by atoms with E-state index in [2.05, 4.69) is 9.97 Å². The van der Waals surface area contributed by atoms with E-state index in [1.807, 2.05) is 53.4 Å². The first-order valence-electron chi connectivity index (χ1n) is 12.1. The number of rotatable bonds is 10. The highest BCUT2D eigenvalue weighted by Crippen LogP contribution is 2.31. The van der Waals surface area contributed by atoms with Crippen molar-refractivity contribution in [1.82, 2.24) is 14.5 Å². The molecule has 0 fully saturated rings. The molecule has 8 nitrogen and oxygen atoms in total. The van der Waals surface area contributed by atoms with Crippen molar-refractivity contribution in [3.63, 3.8) is 0 Å². The first-order chi connectivity index (χ1) is 18.2. The number of aromatic nitrogens is 3. The molecule has 0 aliphatic carbocycles. The molecule has 0 radical (unpaired) electrons. The quantitative estimate of drug-likeness (QED) is 0.198. The number of hydrogen-bond donors (Lipinski definition) is 0. The Hall–Kier alpha value is -4.24. The lowest BCUT2D eigenvalue weighted by molar-refractivity contribution is 0.00526. The van der Waals surface area contributed by atoms with E-state index in [0.29, 0.717) is 5.82 Å². The SMILES string of the molecule is COCOc1nc(Cn2ccc(-c3ccc(F)cc3)c2)nc(C(=O)OC(C)(C)C)c1OCc1ccccc1. The smallest absolute Gasteiger partial charge is 0.361 e. The largest absolute Gasteiger partial charge is 0.481 e. The summed E-state index contributed by atoms with van der Waals surface area (Å²) in [5, 5.41) is 0. The Morgan fingerprint density at radius 1 is 0.947 bits per heavy atom. The van der Waals surface area contributed by atoms with Gasteiger partial charge in [0.15, 0.2) is 18.3 Å². The fraction of sp³-hybridized carbons (Fsp3) is 0.276. The van der Waals surface area contributed by atoms with Crippen molar-refractivity contribution < 1.29 is 28.1 Å². The van der Waals surface area contributed by atoms with Crippen LogP contribution in [0.15, 0.2) is 73.1 Å². The predicted molar refractivity (Wildman–Crippen MR) is 139 cm³/mol. The van der Waals surface area contributed by atoms with E-state index in [0.717, 1.165) is 16.7 Å². The van der Waals surface area contributed by atoms with Gasteiger partial charge in [-0.3, -0.25) is 0 Å². The van der Waals surface area contributed by atoms with E-state index in [1.54, 1.807) is 32.9 Å². The van der Waals surface area contributed by atoms with E-state index in [9.17, 15) is 9.18 Å². The third-order valence-corrected chi connectivity index (χ3v) is 5.26. The van der Waals surface area contributed by atoms with Crippen molar-refractivity contribution in [3.8, 4) is 22.8 Å². The van der Waals surface area contributed by atoms with Crippen LogP contribution in [0.3, 0.4) is 0 Å². The third-order valence-electron chi connectivity index (χ3n) is 5.26. The summed E-state index contributed by atoms with van der Waals surface area (Å²) >= 11 is 0. The molecule has 2 aromatic carbocycles. The predicted octanol–water partition coefficient (Wildman–Crippen LogP) is 5.65. The van der Waals surface area contributed by atoms with Gasteiger partial charge in [-0.15, -0.1) is 0 Å². The van der Waals surface area contributed by atoms with E-state index >= 15 is 0 Å². The molecule has 0 amide bonds. The number of halogens is 1. The molecular weight excluding hydrogens is 489 g/mol. The highest BCUT2D eigenvalue weighted by Gasteiger charge is 2.28. The van der Waals surface area contributed by atoms with Gasteiger partial charge in [0, 0.05) is 19.5 Å². The highest BCUT2D eigenvalue weighted by atomic mass is 19.1. The average Bonchev–Trinajstić information content (AvgIpc) is 3.34. The molecule has 0 atom stereocenters. The van der Waals surface area contributed by atoms with Crippen LogP contribution in [0.25, 0.3) is 11.1 Å². The second-order valence-corrected chi connectivity index (χ2v) is 9.53. The fourth-order valence-corrected chi connectivity index (χ4v) is 3.60.